The minimum atomic E-state index is -4.59. The highest BCUT2D eigenvalue weighted by molar-refractivity contribution is 5.74. The third-order valence-electron chi connectivity index (χ3n) is 7.07. The van der Waals surface area contributed by atoms with E-state index < -0.39 is 17.7 Å². The summed E-state index contributed by atoms with van der Waals surface area (Å²) in [5.74, 6) is -0.383. The van der Waals surface area contributed by atoms with Gasteiger partial charge < -0.3 is 15.0 Å². The van der Waals surface area contributed by atoms with Crippen LogP contribution in [0.2, 0.25) is 0 Å². The standard InChI is InChI=1S/C28H30F3N5O2/c1-26(2)12-18(13-27(3,4)34-26)24-20(28(29,30)31)14-36-15-21(32-25(36)33-24)19-7-6-16(10-22(19)37)17-8-9-35(5)23(38)11-17/h6-11,14-15,18,34,37H,12-13H2,1-5H3. The number of imidazole rings is 1. The molecule has 0 spiro atoms. The molecule has 200 valence electrons. The number of phenolic OH excluding ortho intramolecular Hbond substituents is 1. The van der Waals surface area contributed by atoms with E-state index in [0.29, 0.717) is 35.2 Å². The van der Waals surface area contributed by atoms with Crippen molar-refractivity contribution in [2.24, 2.45) is 7.05 Å². The summed E-state index contributed by atoms with van der Waals surface area (Å²) in [6.07, 6.45) is 0.529. The maximum Gasteiger partial charge on any atom is 0.419 e. The average Bonchev–Trinajstić information content (AvgIpc) is 3.20. The Morgan fingerprint density at radius 2 is 1.66 bits per heavy atom. The van der Waals surface area contributed by atoms with Crippen LogP contribution in [-0.2, 0) is 13.2 Å². The van der Waals surface area contributed by atoms with Crippen molar-refractivity contribution in [1.29, 1.82) is 0 Å². The first kappa shape index (κ1) is 26.0. The fourth-order valence-electron chi connectivity index (χ4n) is 5.77. The van der Waals surface area contributed by atoms with Gasteiger partial charge in [-0.25, -0.2) is 9.97 Å². The normalized spacial score (nSPS) is 17.7. The van der Waals surface area contributed by atoms with Crippen LogP contribution in [0.15, 0.2) is 53.7 Å². The van der Waals surface area contributed by atoms with Crippen LogP contribution in [-0.4, -0.2) is 35.1 Å². The molecule has 4 heterocycles. The molecule has 1 aliphatic rings. The van der Waals surface area contributed by atoms with Gasteiger partial charge in [0.1, 0.15) is 5.75 Å². The van der Waals surface area contributed by atoms with Crippen LogP contribution in [0.3, 0.4) is 0 Å². The largest absolute Gasteiger partial charge is 0.507 e. The molecule has 0 bridgehead atoms. The molecule has 0 aliphatic carbocycles. The Kier molecular flexibility index (Phi) is 5.94. The number of aromatic nitrogens is 4. The molecule has 0 unspecified atom stereocenters. The first-order valence-electron chi connectivity index (χ1n) is 12.4. The number of nitrogens with zero attached hydrogens (tertiary/aromatic N) is 4. The maximum absolute atomic E-state index is 14.2. The van der Waals surface area contributed by atoms with E-state index in [1.165, 1.54) is 27.3 Å². The van der Waals surface area contributed by atoms with Gasteiger partial charge in [0.15, 0.2) is 0 Å². The van der Waals surface area contributed by atoms with Crippen molar-refractivity contribution in [3.8, 4) is 28.1 Å². The number of nitrogens with one attached hydrogen (secondary N) is 1. The van der Waals surface area contributed by atoms with Gasteiger partial charge >= 0.3 is 6.18 Å². The van der Waals surface area contributed by atoms with Crippen molar-refractivity contribution in [1.82, 2.24) is 24.3 Å². The van der Waals surface area contributed by atoms with Gasteiger partial charge in [-0.3, -0.25) is 9.20 Å². The predicted octanol–water partition coefficient (Wildman–Crippen LogP) is 5.51. The molecule has 7 nitrogen and oxygen atoms in total. The molecule has 0 radical (unpaired) electrons. The van der Waals surface area contributed by atoms with E-state index in [4.69, 9.17) is 0 Å². The molecule has 2 N–H and O–H groups in total. The SMILES string of the molecule is Cn1ccc(-c2ccc(-c3cn4cc(C(F)(F)F)c(C5CC(C)(C)NC(C)(C)C5)nc4n3)c(O)c2)cc1=O. The van der Waals surface area contributed by atoms with E-state index in [0.717, 1.165) is 6.20 Å². The second-order valence-electron chi connectivity index (χ2n) is 11.5. The number of fused-ring (bicyclic) bond motifs is 1. The number of aryl methyl sites for hydroxylation is 1. The molecule has 4 aromatic rings. The van der Waals surface area contributed by atoms with Gasteiger partial charge in [0, 0.05) is 54.3 Å². The van der Waals surface area contributed by atoms with Crippen molar-refractivity contribution < 1.29 is 18.3 Å². The monoisotopic (exact) mass is 525 g/mol. The Bertz CT molecular complexity index is 1580. The molecule has 0 amide bonds. The highest BCUT2D eigenvalue weighted by Crippen LogP contribution is 2.43. The first-order valence-corrected chi connectivity index (χ1v) is 12.4. The van der Waals surface area contributed by atoms with Crippen molar-refractivity contribution in [2.75, 3.05) is 0 Å². The van der Waals surface area contributed by atoms with Gasteiger partial charge in [0.05, 0.1) is 17.0 Å². The van der Waals surface area contributed by atoms with Crippen LogP contribution in [0.1, 0.15) is 57.7 Å². The lowest BCUT2D eigenvalue weighted by Gasteiger charge is -2.46. The molecule has 1 fully saturated rings. The summed E-state index contributed by atoms with van der Waals surface area (Å²) in [7, 11) is 1.65. The van der Waals surface area contributed by atoms with Crippen LogP contribution in [0.25, 0.3) is 28.2 Å². The molecule has 3 aromatic heterocycles. The Labute approximate surface area is 218 Å². The van der Waals surface area contributed by atoms with E-state index >= 15 is 0 Å². The van der Waals surface area contributed by atoms with Gasteiger partial charge in [-0.2, -0.15) is 13.2 Å². The molecule has 0 saturated carbocycles. The zero-order valence-electron chi connectivity index (χ0n) is 21.9. The number of hydrogen-bond acceptors (Lipinski definition) is 5. The predicted molar refractivity (Wildman–Crippen MR) is 139 cm³/mol. The third kappa shape index (κ3) is 4.92. The third-order valence-corrected chi connectivity index (χ3v) is 7.07. The second-order valence-corrected chi connectivity index (χ2v) is 11.5. The van der Waals surface area contributed by atoms with Crippen LogP contribution in [0.5, 0.6) is 5.75 Å². The minimum Gasteiger partial charge on any atom is -0.507 e. The van der Waals surface area contributed by atoms with Crippen molar-refractivity contribution in [3.05, 3.63) is 70.5 Å². The minimum absolute atomic E-state index is 0.00460. The number of halogens is 3. The van der Waals surface area contributed by atoms with Gasteiger partial charge in [-0.05, 0) is 69.9 Å². The maximum atomic E-state index is 14.2. The van der Waals surface area contributed by atoms with Gasteiger partial charge in [0.2, 0.25) is 5.78 Å². The number of benzene rings is 1. The summed E-state index contributed by atoms with van der Waals surface area (Å²) in [6, 6.07) is 8.09. The fourth-order valence-corrected chi connectivity index (χ4v) is 5.77. The summed E-state index contributed by atoms with van der Waals surface area (Å²) in [4.78, 5) is 20.9. The summed E-state index contributed by atoms with van der Waals surface area (Å²) in [5, 5.41) is 14.3. The van der Waals surface area contributed by atoms with Crippen molar-refractivity contribution in [3.63, 3.8) is 0 Å². The van der Waals surface area contributed by atoms with Crippen molar-refractivity contribution >= 4 is 5.78 Å². The molecule has 38 heavy (non-hydrogen) atoms. The molecule has 0 atom stereocenters. The zero-order chi connectivity index (χ0) is 27.6. The molecule has 1 aromatic carbocycles. The quantitative estimate of drug-likeness (QED) is 0.369. The second kappa shape index (κ2) is 8.69. The number of aromatic hydroxyl groups is 1. The van der Waals surface area contributed by atoms with E-state index in [1.54, 1.807) is 31.4 Å². The van der Waals surface area contributed by atoms with E-state index in [9.17, 15) is 23.1 Å². The van der Waals surface area contributed by atoms with Gasteiger partial charge in [-0.15, -0.1) is 0 Å². The summed E-state index contributed by atoms with van der Waals surface area (Å²) in [6.45, 7) is 7.94. The van der Waals surface area contributed by atoms with E-state index in [1.807, 2.05) is 27.7 Å². The van der Waals surface area contributed by atoms with Crippen molar-refractivity contribution in [2.45, 2.75) is 63.7 Å². The molecule has 5 rings (SSSR count). The lowest BCUT2D eigenvalue weighted by molar-refractivity contribution is -0.139. The summed E-state index contributed by atoms with van der Waals surface area (Å²) < 4.78 is 45.3. The topological polar surface area (TPSA) is 84.4 Å². The fraction of sp³-hybridized carbons (Fsp3) is 0.393. The molecule has 1 saturated heterocycles. The van der Waals surface area contributed by atoms with E-state index in [-0.39, 0.29) is 33.9 Å². The number of rotatable bonds is 3. The number of hydrogen-bond donors (Lipinski definition) is 2. The lowest BCUT2D eigenvalue weighted by atomic mass is 9.74. The van der Waals surface area contributed by atoms with Crippen LogP contribution in [0.4, 0.5) is 13.2 Å². The molecule has 10 heteroatoms. The Hall–Kier alpha value is -3.66. The van der Waals surface area contributed by atoms with E-state index in [2.05, 4.69) is 15.3 Å². The highest BCUT2D eigenvalue weighted by Gasteiger charge is 2.43. The lowest BCUT2D eigenvalue weighted by Crippen LogP contribution is -2.57. The van der Waals surface area contributed by atoms with Crippen LogP contribution in [0, 0.1) is 0 Å². The smallest absolute Gasteiger partial charge is 0.419 e. The highest BCUT2D eigenvalue weighted by atomic mass is 19.4. The number of phenols is 1. The number of alkyl halides is 3. The van der Waals surface area contributed by atoms with Crippen LogP contribution >= 0.6 is 0 Å². The Morgan fingerprint density at radius 3 is 2.26 bits per heavy atom. The molecular formula is C28H30F3N5O2. The average molecular weight is 526 g/mol. The first-order chi connectivity index (χ1) is 17.6. The van der Waals surface area contributed by atoms with Gasteiger partial charge in [-0.1, -0.05) is 6.07 Å². The Morgan fingerprint density at radius 1 is 1.00 bits per heavy atom. The zero-order valence-corrected chi connectivity index (χ0v) is 21.9. The molecular weight excluding hydrogens is 495 g/mol. The summed E-state index contributed by atoms with van der Waals surface area (Å²) in [5.41, 5.74) is 0.217. The number of pyridine rings is 1. The summed E-state index contributed by atoms with van der Waals surface area (Å²) >= 11 is 0. The van der Waals surface area contributed by atoms with Gasteiger partial charge in [0.25, 0.3) is 5.56 Å². The number of piperidine rings is 1. The molecule has 1 aliphatic heterocycles. The Balaban J connectivity index is 1.58. The van der Waals surface area contributed by atoms with Crippen LogP contribution < -0.4 is 10.9 Å².